The van der Waals surface area contributed by atoms with Gasteiger partial charge in [-0.1, -0.05) is 60.7 Å². The van der Waals surface area contributed by atoms with Crippen LogP contribution in [-0.2, 0) is 5.41 Å². The highest BCUT2D eigenvalue weighted by molar-refractivity contribution is 6.41. The van der Waals surface area contributed by atoms with Gasteiger partial charge in [-0.2, -0.15) is 0 Å². The number of aromatic nitrogens is 1. The third kappa shape index (κ3) is 3.03. The van der Waals surface area contributed by atoms with Crippen molar-refractivity contribution in [3.63, 3.8) is 0 Å². The highest BCUT2D eigenvalue weighted by Crippen LogP contribution is 2.41. The van der Waals surface area contributed by atoms with Gasteiger partial charge in [-0.15, -0.1) is 0 Å². The largest absolute Gasteiger partial charge is 0.477 e. The summed E-state index contributed by atoms with van der Waals surface area (Å²) in [5.74, 6) is -1.13. The van der Waals surface area contributed by atoms with Crippen molar-refractivity contribution in [1.82, 2.24) is 5.16 Å². The number of carboxylic acid groups (broad SMARTS) is 1. The molecule has 0 bridgehead atoms. The van der Waals surface area contributed by atoms with Crippen molar-refractivity contribution in [3.8, 4) is 11.3 Å². The molecular weight excluding hydrogens is 337 g/mol. The molecule has 1 N–H and O–H groups in total. The Labute approximate surface area is 136 Å². The summed E-state index contributed by atoms with van der Waals surface area (Å²) < 4.78 is 5.23. The van der Waals surface area contributed by atoms with Gasteiger partial charge < -0.3 is 9.63 Å². The standard InChI is InChI=1S/C14H12Cl3NO3/c1-14(2,3)12-10(13(19)20)11(21-18-12)9-7(16)4-6(15)5-8(9)17/h4-5H,1-3H3,(H,19,20). The van der Waals surface area contributed by atoms with Crippen molar-refractivity contribution in [1.29, 1.82) is 0 Å². The maximum atomic E-state index is 11.6. The van der Waals surface area contributed by atoms with Crippen molar-refractivity contribution >= 4 is 40.8 Å². The average molecular weight is 349 g/mol. The maximum Gasteiger partial charge on any atom is 0.341 e. The lowest BCUT2D eigenvalue weighted by Crippen LogP contribution is -2.16. The molecule has 1 aromatic carbocycles. The van der Waals surface area contributed by atoms with Crippen LogP contribution in [0.25, 0.3) is 11.3 Å². The molecule has 1 aromatic heterocycles. The molecule has 0 atom stereocenters. The summed E-state index contributed by atoms with van der Waals surface area (Å²) in [5.41, 5.74) is 0.0461. The van der Waals surface area contributed by atoms with E-state index in [0.717, 1.165) is 0 Å². The normalized spacial score (nSPS) is 11.7. The van der Waals surface area contributed by atoms with Crippen LogP contribution in [0.2, 0.25) is 15.1 Å². The topological polar surface area (TPSA) is 63.3 Å². The van der Waals surface area contributed by atoms with E-state index >= 15 is 0 Å². The number of hydrogen-bond donors (Lipinski definition) is 1. The fourth-order valence-corrected chi connectivity index (χ4v) is 2.92. The van der Waals surface area contributed by atoms with E-state index in [1.807, 2.05) is 20.8 Å². The van der Waals surface area contributed by atoms with Gasteiger partial charge in [0.2, 0.25) is 0 Å². The molecule has 0 aliphatic rings. The maximum absolute atomic E-state index is 11.6. The van der Waals surface area contributed by atoms with Crippen LogP contribution in [0.15, 0.2) is 16.7 Å². The van der Waals surface area contributed by atoms with Gasteiger partial charge in [0, 0.05) is 10.4 Å². The Balaban J connectivity index is 2.78. The number of rotatable bonds is 2. The molecular formula is C14H12Cl3NO3. The number of benzene rings is 1. The van der Waals surface area contributed by atoms with Crippen molar-refractivity contribution in [2.45, 2.75) is 26.2 Å². The second-order valence-corrected chi connectivity index (χ2v) is 6.79. The minimum atomic E-state index is -1.15. The van der Waals surface area contributed by atoms with Crippen molar-refractivity contribution in [2.24, 2.45) is 0 Å². The zero-order chi connectivity index (χ0) is 15.9. The summed E-state index contributed by atoms with van der Waals surface area (Å²) in [6, 6.07) is 2.93. The summed E-state index contributed by atoms with van der Waals surface area (Å²) in [7, 11) is 0. The fourth-order valence-electron chi connectivity index (χ4n) is 1.93. The Bertz CT molecular complexity index is 694. The summed E-state index contributed by atoms with van der Waals surface area (Å²) >= 11 is 18.1. The molecule has 2 rings (SSSR count). The van der Waals surface area contributed by atoms with Crippen LogP contribution in [0, 0.1) is 0 Å². The lowest BCUT2D eigenvalue weighted by atomic mass is 9.88. The number of carbonyl (C=O) groups is 1. The summed E-state index contributed by atoms with van der Waals surface area (Å²) in [4.78, 5) is 11.6. The monoisotopic (exact) mass is 347 g/mol. The van der Waals surface area contributed by atoms with Crippen LogP contribution in [0.3, 0.4) is 0 Å². The minimum absolute atomic E-state index is 0.0269. The fraction of sp³-hybridized carbons (Fsp3) is 0.286. The van der Waals surface area contributed by atoms with Gasteiger partial charge in [0.25, 0.3) is 0 Å². The van der Waals surface area contributed by atoms with E-state index in [1.54, 1.807) is 0 Å². The van der Waals surface area contributed by atoms with Gasteiger partial charge >= 0.3 is 5.97 Å². The summed E-state index contributed by atoms with van der Waals surface area (Å²) in [5, 5.41) is 14.1. The zero-order valence-electron chi connectivity index (χ0n) is 11.5. The average Bonchev–Trinajstić information content (AvgIpc) is 2.71. The number of carboxylic acids is 1. The molecule has 112 valence electrons. The van der Waals surface area contributed by atoms with Crippen LogP contribution in [0.5, 0.6) is 0 Å². The second kappa shape index (κ2) is 5.52. The molecule has 0 saturated heterocycles. The van der Waals surface area contributed by atoms with Crippen molar-refractivity contribution in [2.75, 3.05) is 0 Å². The first-order valence-electron chi connectivity index (χ1n) is 6.01. The Kier molecular flexibility index (Phi) is 4.24. The lowest BCUT2D eigenvalue weighted by molar-refractivity contribution is 0.0694. The van der Waals surface area contributed by atoms with Gasteiger partial charge in [-0.3, -0.25) is 0 Å². The third-order valence-electron chi connectivity index (χ3n) is 2.85. The van der Waals surface area contributed by atoms with Gasteiger partial charge in [-0.05, 0) is 12.1 Å². The Morgan fingerprint density at radius 2 is 1.71 bits per heavy atom. The van der Waals surface area contributed by atoms with Gasteiger partial charge in [0.05, 0.1) is 15.6 Å². The Morgan fingerprint density at radius 1 is 1.19 bits per heavy atom. The molecule has 0 radical (unpaired) electrons. The molecule has 0 amide bonds. The van der Waals surface area contributed by atoms with Crippen molar-refractivity contribution in [3.05, 3.63) is 38.5 Å². The molecule has 7 heteroatoms. The van der Waals surface area contributed by atoms with Crippen LogP contribution >= 0.6 is 34.8 Å². The molecule has 0 unspecified atom stereocenters. The van der Waals surface area contributed by atoms with Crippen molar-refractivity contribution < 1.29 is 14.4 Å². The number of halogens is 3. The van der Waals surface area contributed by atoms with Crippen LogP contribution in [0.4, 0.5) is 0 Å². The van der Waals surface area contributed by atoms with E-state index in [-0.39, 0.29) is 26.9 Å². The molecule has 1 heterocycles. The predicted octanol–water partition coefficient (Wildman–Crippen LogP) is 5.30. The Morgan fingerprint density at radius 3 is 2.14 bits per heavy atom. The van der Waals surface area contributed by atoms with Gasteiger partial charge in [0.15, 0.2) is 5.76 Å². The molecule has 0 fully saturated rings. The number of nitrogens with zero attached hydrogens (tertiary/aromatic N) is 1. The van der Waals surface area contributed by atoms with Crippen LogP contribution in [-0.4, -0.2) is 16.2 Å². The highest BCUT2D eigenvalue weighted by Gasteiger charge is 2.32. The number of hydrogen-bond acceptors (Lipinski definition) is 3. The molecule has 0 aliphatic carbocycles. The molecule has 0 spiro atoms. The first kappa shape index (κ1) is 16.1. The van der Waals surface area contributed by atoms with E-state index in [0.29, 0.717) is 10.7 Å². The zero-order valence-corrected chi connectivity index (χ0v) is 13.8. The van der Waals surface area contributed by atoms with Crippen LogP contribution < -0.4 is 0 Å². The molecule has 2 aromatic rings. The van der Waals surface area contributed by atoms with Gasteiger partial charge in [-0.25, -0.2) is 4.79 Å². The highest BCUT2D eigenvalue weighted by atomic mass is 35.5. The smallest absolute Gasteiger partial charge is 0.341 e. The molecule has 0 aliphatic heterocycles. The second-order valence-electron chi connectivity index (χ2n) is 5.53. The quantitative estimate of drug-likeness (QED) is 0.800. The predicted molar refractivity (Wildman–Crippen MR) is 82.6 cm³/mol. The molecule has 4 nitrogen and oxygen atoms in total. The molecule has 0 saturated carbocycles. The summed E-state index contributed by atoms with van der Waals surface area (Å²) in [6.45, 7) is 5.52. The first-order valence-corrected chi connectivity index (χ1v) is 7.14. The summed E-state index contributed by atoms with van der Waals surface area (Å²) in [6.07, 6.45) is 0. The minimum Gasteiger partial charge on any atom is -0.477 e. The third-order valence-corrected chi connectivity index (χ3v) is 3.66. The van der Waals surface area contributed by atoms with E-state index < -0.39 is 11.4 Å². The van der Waals surface area contributed by atoms with E-state index in [1.165, 1.54) is 12.1 Å². The van der Waals surface area contributed by atoms with Gasteiger partial charge in [0.1, 0.15) is 11.3 Å². The lowest BCUT2D eigenvalue weighted by Gasteiger charge is -2.15. The molecule has 21 heavy (non-hydrogen) atoms. The van der Waals surface area contributed by atoms with Crippen LogP contribution in [0.1, 0.15) is 36.8 Å². The van der Waals surface area contributed by atoms with E-state index in [9.17, 15) is 9.90 Å². The SMILES string of the molecule is CC(C)(C)c1noc(-c2c(Cl)cc(Cl)cc2Cl)c1C(=O)O. The van der Waals surface area contributed by atoms with E-state index in [2.05, 4.69) is 5.16 Å². The Hall–Kier alpha value is -1.23. The van der Waals surface area contributed by atoms with E-state index in [4.69, 9.17) is 39.3 Å². The first-order chi connectivity index (χ1) is 9.62. The number of aromatic carboxylic acids is 1.